The molecule has 2 N–H and O–H groups in total. The summed E-state index contributed by atoms with van der Waals surface area (Å²) < 4.78 is 1.94. The van der Waals surface area contributed by atoms with Gasteiger partial charge in [0.1, 0.15) is 0 Å². The zero-order valence-corrected chi connectivity index (χ0v) is 10.7. The monoisotopic (exact) mass is 223 g/mol. The number of nitrogens with two attached hydrogens (primary N) is 1. The standard InChI is InChI=1S/C13H25N3/c1-3-5-6-7-8-9-13(14)12-10-15-16(4-2)11-12/h10-11,13H,3-9,14H2,1-2H3. The fraction of sp³-hybridized carbons (Fsp3) is 0.769. The second kappa shape index (κ2) is 7.44. The van der Waals surface area contributed by atoms with Crippen molar-refractivity contribution in [2.24, 2.45) is 5.73 Å². The molecule has 1 aromatic heterocycles. The summed E-state index contributed by atoms with van der Waals surface area (Å²) in [5.74, 6) is 0. The van der Waals surface area contributed by atoms with Crippen LogP contribution in [0, 0.1) is 0 Å². The molecule has 0 aliphatic carbocycles. The van der Waals surface area contributed by atoms with E-state index >= 15 is 0 Å². The molecule has 0 aliphatic heterocycles. The van der Waals surface area contributed by atoms with E-state index in [1.165, 1.54) is 37.7 Å². The van der Waals surface area contributed by atoms with Crippen LogP contribution < -0.4 is 5.73 Å². The molecule has 1 heterocycles. The van der Waals surface area contributed by atoms with Crippen molar-refractivity contribution in [3.05, 3.63) is 18.0 Å². The van der Waals surface area contributed by atoms with Gasteiger partial charge in [-0.2, -0.15) is 5.10 Å². The fourth-order valence-corrected chi connectivity index (χ4v) is 1.88. The number of aromatic nitrogens is 2. The van der Waals surface area contributed by atoms with Crippen molar-refractivity contribution < 1.29 is 0 Å². The molecule has 3 heteroatoms. The van der Waals surface area contributed by atoms with Crippen molar-refractivity contribution >= 4 is 0 Å². The summed E-state index contributed by atoms with van der Waals surface area (Å²) >= 11 is 0. The lowest BCUT2D eigenvalue weighted by Crippen LogP contribution is -2.09. The Bertz CT molecular complexity index is 280. The lowest BCUT2D eigenvalue weighted by molar-refractivity contribution is 0.554. The van der Waals surface area contributed by atoms with Crippen molar-refractivity contribution in [2.75, 3.05) is 0 Å². The molecular weight excluding hydrogens is 198 g/mol. The first-order chi connectivity index (χ1) is 7.77. The van der Waals surface area contributed by atoms with Gasteiger partial charge >= 0.3 is 0 Å². The number of hydrogen-bond donors (Lipinski definition) is 1. The van der Waals surface area contributed by atoms with Gasteiger partial charge < -0.3 is 5.73 Å². The van der Waals surface area contributed by atoms with Crippen LogP contribution in [0.5, 0.6) is 0 Å². The lowest BCUT2D eigenvalue weighted by atomic mass is 10.0. The largest absolute Gasteiger partial charge is 0.324 e. The van der Waals surface area contributed by atoms with Crippen LogP contribution in [0.2, 0.25) is 0 Å². The lowest BCUT2D eigenvalue weighted by Gasteiger charge is -2.08. The van der Waals surface area contributed by atoms with E-state index in [0.29, 0.717) is 0 Å². The van der Waals surface area contributed by atoms with Gasteiger partial charge in [0.05, 0.1) is 6.20 Å². The van der Waals surface area contributed by atoms with E-state index in [1.54, 1.807) is 0 Å². The zero-order chi connectivity index (χ0) is 11.8. The van der Waals surface area contributed by atoms with Gasteiger partial charge in [0.2, 0.25) is 0 Å². The Kier molecular flexibility index (Phi) is 6.16. The first-order valence-electron chi connectivity index (χ1n) is 6.55. The van der Waals surface area contributed by atoms with Crippen LogP contribution in [-0.2, 0) is 6.54 Å². The van der Waals surface area contributed by atoms with Gasteiger partial charge in [0.15, 0.2) is 0 Å². The predicted octanol–water partition coefficient (Wildman–Crippen LogP) is 3.26. The first kappa shape index (κ1) is 13.2. The van der Waals surface area contributed by atoms with E-state index in [9.17, 15) is 0 Å². The summed E-state index contributed by atoms with van der Waals surface area (Å²) in [4.78, 5) is 0. The highest BCUT2D eigenvalue weighted by atomic mass is 15.3. The number of rotatable bonds is 8. The molecule has 0 aliphatic rings. The van der Waals surface area contributed by atoms with Crippen LogP contribution >= 0.6 is 0 Å². The average Bonchev–Trinajstić information content (AvgIpc) is 2.77. The second-order valence-electron chi connectivity index (χ2n) is 4.44. The Hall–Kier alpha value is -0.830. The minimum Gasteiger partial charge on any atom is -0.324 e. The van der Waals surface area contributed by atoms with Crippen molar-refractivity contribution in [1.82, 2.24) is 9.78 Å². The maximum absolute atomic E-state index is 6.12. The molecule has 0 radical (unpaired) electrons. The van der Waals surface area contributed by atoms with Gasteiger partial charge in [-0.15, -0.1) is 0 Å². The predicted molar refractivity (Wildman–Crippen MR) is 68.2 cm³/mol. The van der Waals surface area contributed by atoms with Gasteiger partial charge in [-0.05, 0) is 13.3 Å². The number of nitrogens with zero attached hydrogens (tertiary/aromatic N) is 2. The summed E-state index contributed by atoms with van der Waals surface area (Å²) in [6.45, 7) is 5.25. The normalized spacial score (nSPS) is 12.9. The maximum Gasteiger partial charge on any atom is 0.0537 e. The van der Waals surface area contributed by atoms with Crippen LogP contribution in [-0.4, -0.2) is 9.78 Å². The Morgan fingerprint density at radius 1 is 1.25 bits per heavy atom. The van der Waals surface area contributed by atoms with Crippen LogP contribution in [0.25, 0.3) is 0 Å². The van der Waals surface area contributed by atoms with E-state index in [1.807, 2.05) is 10.9 Å². The average molecular weight is 223 g/mol. The molecule has 0 fully saturated rings. The molecule has 1 aromatic rings. The van der Waals surface area contributed by atoms with Crippen molar-refractivity contribution in [2.45, 2.75) is 65.0 Å². The van der Waals surface area contributed by atoms with Crippen molar-refractivity contribution in [3.63, 3.8) is 0 Å². The summed E-state index contributed by atoms with van der Waals surface area (Å²) in [5.41, 5.74) is 7.30. The molecule has 3 nitrogen and oxygen atoms in total. The Morgan fingerprint density at radius 3 is 2.62 bits per heavy atom. The van der Waals surface area contributed by atoms with Gasteiger partial charge in [0.25, 0.3) is 0 Å². The van der Waals surface area contributed by atoms with E-state index in [0.717, 1.165) is 13.0 Å². The summed E-state index contributed by atoms with van der Waals surface area (Å²) in [6, 6.07) is 0.168. The third-order valence-electron chi connectivity index (χ3n) is 3.02. The molecule has 1 atom stereocenters. The summed E-state index contributed by atoms with van der Waals surface area (Å²) in [7, 11) is 0. The SMILES string of the molecule is CCCCCCCC(N)c1cnn(CC)c1. The number of hydrogen-bond acceptors (Lipinski definition) is 2. The van der Waals surface area contributed by atoms with E-state index in [2.05, 4.69) is 25.1 Å². The second-order valence-corrected chi connectivity index (χ2v) is 4.44. The van der Waals surface area contributed by atoms with Crippen LogP contribution in [0.4, 0.5) is 0 Å². The highest BCUT2D eigenvalue weighted by Crippen LogP contribution is 2.17. The minimum atomic E-state index is 0.168. The zero-order valence-electron chi connectivity index (χ0n) is 10.7. The third kappa shape index (κ3) is 4.35. The van der Waals surface area contributed by atoms with E-state index in [-0.39, 0.29) is 6.04 Å². The molecule has 0 saturated heterocycles. The molecule has 1 unspecified atom stereocenters. The van der Waals surface area contributed by atoms with Crippen LogP contribution in [0.1, 0.15) is 64.0 Å². The first-order valence-corrected chi connectivity index (χ1v) is 6.55. The quantitative estimate of drug-likeness (QED) is 0.687. The number of unbranched alkanes of at least 4 members (excludes halogenated alkanes) is 4. The van der Waals surface area contributed by atoms with E-state index in [4.69, 9.17) is 5.73 Å². The minimum absolute atomic E-state index is 0.168. The molecule has 0 spiro atoms. The molecule has 0 aromatic carbocycles. The summed E-state index contributed by atoms with van der Waals surface area (Å²) in [6.07, 6.45) is 11.6. The van der Waals surface area contributed by atoms with Crippen LogP contribution in [0.3, 0.4) is 0 Å². The van der Waals surface area contributed by atoms with Gasteiger partial charge in [-0.1, -0.05) is 39.0 Å². The molecule has 16 heavy (non-hydrogen) atoms. The highest BCUT2D eigenvalue weighted by molar-refractivity contribution is 5.09. The van der Waals surface area contributed by atoms with Gasteiger partial charge in [-0.25, -0.2) is 0 Å². The van der Waals surface area contributed by atoms with E-state index < -0.39 is 0 Å². The molecule has 0 saturated carbocycles. The molecule has 1 rings (SSSR count). The Morgan fingerprint density at radius 2 is 2.00 bits per heavy atom. The maximum atomic E-state index is 6.12. The van der Waals surface area contributed by atoms with Crippen molar-refractivity contribution in [1.29, 1.82) is 0 Å². The Labute approximate surface area is 99.0 Å². The molecular formula is C13H25N3. The topological polar surface area (TPSA) is 43.8 Å². The van der Waals surface area contributed by atoms with Gasteiger partial charge in [-0.3, -0.25) is 4.68 Å². The fourth-order valence-electron chi connectivity index (χ4n) is 1.88. The van der Waals surface area contributed by atoms with Crippen LogP contribution in [0.15, 0.2) is 12.4 Å². The third-order valence-corrected chi connectivity index (χ3v) is 3.02. The number of aryl methyl sites for hydroxylation is 1. The van der Waals surface area contributed by atoms with Gasteiger partial charge in [0, 0.05) is 24.3 Å². The molecule has 92 valence electrons. The smallest absolute Gasteiger partial charge is 0.0537 e. The summed E-state index contributed by atoms with van der Waals surface area (Å²) in [5, 5.41) is 4.25. The molecule has 0 bridgehead atoms. The van der Waals surface area contributed by atoms with Crippen molar-refractivity contribution in [3.8, 4) is 0 Å². The Balaban J connectivity index is 2.21. The highest BCUT2D eigenvalue weighted by Gasteiger charge is 2.07. The molecule has 0 amide bonds.